The molecule has 0 spiro atoms. The van der Waals surface area contributed by atoms with Gasteiger partial charge in [0.25, 0.3) is 0 Å². The summed E-state index contributed by atoms with van der Waals surface area (Å²) in [6, 6.07) is 4.41. The fourth-order valence-electron chi connectivity index (χ4n) is 3.50. The van der Waals surface area contributed by atoms with Crippen molar-refractivity contribution in [2.75, 3.05) is 12.4 Å². The molecule has 1 fully saturated rings. The zero-order chi connectivity index (χ0) is 16.2. The number of halogens is 1. The first-order chi connectivity index (χ1) is 11.2. The second-order valence-electron chi connectivity index (χ2n) is 6.32. The highest BCUT2D eigenvalue weighted by Crippen LogP contribution is 2.36. The lowest BCUT2D eigenvalue weighted by molar-refractivity contribution is 0.153. The van der Waals surface area contributed by atoms with Crippen molar-refractivity contribution in [2.24, 2.45) is 5.92 Å². The fourth-order valence-corrected chi connectivity index (χ4v) is 4.61. The number of aliphatic hydroxyl groups excluding tert-OH is 1. The summed E-state index contributed by atoms with van der Waals surface area (Å²) in [5.74, 6) is 0.777. The summed E-state index contributed by atoms with van der Waals surface area (Å²) in [6.07, 6.45) is 4.84. The number of rotatable bonds is 3. The third kappa shape index (κ3) is 3.98. The second kappa shape index (κ2) is 7.53. The molecular formula is C17H23FN2O2S. The highest BCUT2D eigenvalue weighted by molar-refractivity contribution is 7.99. The minimum atomic E-state index is -0.272. The number of thioether (sulfide) groups is 1. The molecule has 23 heavy (non-hydrogen) atoms. The van der Waals surface area contributed by atoms with Crippen LogP contribution >= 0.6 is 11.8 Å². The normalized spacial score (nSPS) is 27.1. The molecule has 1 saturated carbocycles. The molecule has 1 aliphatic carbocycles. The molecule has 0 saturated heterocycles. The van der Waals surface area contributed by atoms with Crippen LogP contribution in [0.25, 0.3) is 0 Å². The quantitative estimate of drug-likeness (QED) is 0.793. The molecular weight excluding hydrogens is 315 g/mol. The Hall–Kier alpha value is -1.27. The number of hydrogen-bond acceptors (Lipinski definition) is 3. The van der Waals surface area contributed by atoms with Crippen molar-refractivity contribution in [3.63, 3.8) is 0 Å². The Kier molecular flexibility index (Phi) is 5.43. The van der Waals surface area contributed by atoms with E-state index in [1.807, 2.05) is 0 Å². The monoisotopic (exact) mass is 338 g/mol. The first kappa shape index (κ1) is 16.6. The van der Waals surface area contributed by atoms with Gasteiger partial charge >= 0.3 is 6.03 Å². The maximum absolute atomic E-state index is 13.5. The van der Waals surface area contributed by atoms with E-state index in [1.165, 1.54) is 12.1 Å². The van der Waals surface area contributed by atoms with E-state index in [9.17, 15) is 14.3 Å². The lowest BCUT2D eigenvalue weighted by atomic mass is 9.85. The molecule has 3 N–H and O–H groups in total. The van der Waals surface area contributed by atoms with Crippen LogP contribution in [0.5, 0.6) is 0 Å². The van der Waals surface area contributed by atoms with E-state index in [0.29, 0.717) is 0 Å². The van der Waals surface area contributed by atoms with Crippen LogP contribution in [0, 0.1) is 11.7 Å². The van der Waals surface area contributed by atoms with Gasteiger partial charge in [0.05, 0.1) is 6.04 Å². The van der Waals surface area contributed by atoms with Crippen molar-refractivity contribution >= 4 is 17.8 Å². The van der Waals surface area contributed by atoms with Crippen molar-refractivity contribution < 1.29 is 14.3 Å². The van der Waals surface area contributed by atoms with Crippen molar-refractivity contribution in [3.8, 4) is 0 Å². The van der Waals surface area contributed by atoms with Crippen LogP contribution in [-0.2, 0) is 0 Å². The van der Waals surface area contributed by atoms with Crippen molar-refractivity contribution in [3.05, 3.63) is 29.6 Å². The molecule has 0 aromatic heterocycles. The number of carbonyl (C=O) groups is 1. The third-order valence-corrected chi connectivity index (χ3v) is 5.90. The summed E-state index contributed by atoms with van der Waals surface area (Å²) in [7, 11) is 0. The maximum atomic E-state index is 13.5. The standard InChI is InChI=1S/C17H23FN2O2S/c18-12-5-6-16-13(9-12)15(7-8-23-16)20-17(22)19-14-4-2-1-3-11(14)10-21/h5-6,9,11,14-15,21H,1-4,7-8,10H2,(H2,19,20,22). The van der Waals surface area contributed by atoms with Crippen LogP contribution in [0.3, 0.4) is 0 Å². The Morgan fingerprint density at radius 1 is 1.26 bits per heavy atom. The minimum absolute atomic E-state index is 0.0266. The average Bonchev–Trinajstić information content (AvgIpc) is 2.56. The number of carbonyl (C=O) groups excluding carboxylic acids is 1. The summed E-state index contributed by atoms with van der Waals surface area (Å²) in [4.78, 5) is 13.4. The molecule has 1 aromatic rings. The van der Waals surface area contributed by atoms with E-state index in [-0.39, 0.29) is 36.5 Å². The van der Waals surface area contributed by atoms with Gasteiger partial charge in [-0.1, -0.05) is 12.8 Å². The van der Waals surface area contributed by atoms with Gasteiger partial charge in [0, 0.05) is 29.2 Å². The summed E-state index contributed by atoms with van der Waals surface area (Å²) in [6.45, 7) is 0.110. The van der Waals surface area contributed by atoms with Crippen LogP contribution in [0.2, 0.25) is 0 Å². The molecule has 126 valence electrons. The smallest absolute Gasteiger partial charge is 0.315 e. The Bertz CT molecular complexity index is 570. The maximum Gasteiger partial charge on any atom is 0.315 e. The van der Waals surface area contributed by atoms with E-state index >= 15 is 0 Å². The summed E-state index contributed by atoms with van der Waals surface area (Å²) >= 11 is 1.70. The van der Waals surface area contributed by atoms with Crippen LogP contribution < -0.4 is 10.6 Å². The van der Waals surface area contributed by atoms with Crippen LogP contribution in [0.15, 0.2) is 23.1 Å². The van der Waals surface area contributed by atoms with Gasteiger partial charge in [-0.3, -0.25) is 0 Å². The number of aliphatic hydroxyl groups is 1. The number of amides is 2. The molecule has 2 aliphatic rings. The molecule has 0 radical (unpaired) electrons. The number of nitrogens with one attached hydrogen (secondary N) is 2. The Morgan fingerprint density at radius 2 is 2.09 bits per heavy atom. The summed E-state index contributed by atoms with van der Waals surface area (Å²) in [5.41, 5.74) is 0.860. The van der Waals surface area contributed by atoms with Gasteiger partial charge in [0.1, 0.15) is 5.82 Å². The molecule has 1 heterocycles. The Labute approximate surface area is 140 Å². The van der Waals surface area contributed by atoms with Crippen molar-refractivity contribution in [1.82, 2.24) is 10.6 Å². The Morgan fingerprint density at radius 3 is 2.91 bits per heavy atom. The zero-order valence-electron chi connectivity index (χ0n) is 13.1. The SMILES string of the molecule is O=C(NC1CCSc2ccc(F)cc21)NC1CCCCC1CO. The van der Waals surface area contributed by atoms with E-state index in [0.717, 1.165) is 48.3 Å². The number of hydrogen-bond donors (Lipinski definition) is 3. The van der Waals surface area contributed by atoms with Crippen molar-refractivity contribution in [2.45, 2.75) is 49.1 Å². The molecule has 3 unspecified atom stereocenters. The molecule has 3 rings (SSSR count). The molecule has 6 heteroatoms. The molecule has 1 aliphatic heterocycles. The van der Waals surface area contributed by atoms with Gasteiger partial charge < -0.3 is 15.7 Å². The highest BCUT2D eigenvalue weighted by Gasteiger charge is 2.28. The van der Waals surface area contributed by atoms with E-state index in [4.69, 9.17) is 0 Å². The largest absolute Gasteiger partial charge is 0.396 e. The Balaban J connectivity index is 1.63. The lowest BCUT2D eigenvalue weighted by Gasteiger charge is -2.32. The van der Waals surface area contributed by atoms with Crippen LogP contribution in [0.1, 0.15) is 43.7 Å². The molecule has 4 nitrogen and oxygen atoms in total. The molecule has 1 aromatic carbocycles. The van der Waals surface area contributed by atoms with Gasteiger partial charge in [0.2, 0.25) is 0 Å². The van der Waals surface area contributed by atoms with Crippen LogP contribution in [0.4, 0.5) is 9.18 Å². The molecule has 0 bridgehead atoms. The van der Waals surface area contributed by atoms with Crippen molar-refractivity contribution in [1.29, 1.82) is 0 Å². The fraction of sp³-hybridized carbons (Fsp3) is 0.588. The van der Waals surface area contributed by atoms with Gasteiger partial charge in [-0.05, 0) is 43.0 Å². The molecule has 2 amide bonds. The second-order valence-corrected chi connectivity index (χ2v) is 7.46. The molecule has 3 atom stereocenters. The number of fused-ring (bicyclic) bond motifs is 1. The van der Waals surface area contributed by atoms with Crippen LogP contribution in [-0.4, -0.2) is 29.5 Å². The topological polar surface area (TPSA) is 61.4 Å². The zero-order valence-corrected chi connectivity index (χ0v) is 13.9. The average molecular weight is 338 g/mol. The van der Waals surface area contributed by atoms with E-state index < -0.39 is 0 Å². The summed E-state index contributed by atoms with van der Waals surface area (Å²) in [5, 5.41) is 15.4. The summed E-state index contributed by atoms with van der Waals surface area (Å²) < 4.78 is 13.5. The van der Waals surface area contributed by atoms with Gasteiger partial charge in [0.15, 0.2) is 0 Å². The van der Waals surface area contributed by atoms with Gasteiger partial charge in [-0.15, -0.1) is 11.8 Å². The first-order valence-electron chi connectivity index (χ1n) is 8.27. The van der Waals surface area contributed by atoms with E-state index in [1.54, 1.807) is 17.8 Å². The third-order valence-electron chi connectivity index (χ3n) is 4.78. The predicted octanol–water partition coefficient (Wildman–Crippen LogP) is 3.21. The highest BCUT2D eigenvalue weighted by atomic mass is 32.2. The number of urea groups is 1. The predicted molar refractivity (Wildman–Crippen MR) is 89.0 cm³/mol. The first-order valence-corrected chi connectivity index (χ1v) is 9.26. The van der Waals surface area contributed by atoms with Gasteiger partial charge in [-0.25, -0.2) is 9.18 Å². The minimum Gasteiger partial charge on any atom is -0.396 e. The lowest BCUT2D eigenvalue weighted by Crippen LogP contribution is -2.48. The van der Waals surface area contributed by atoms with E-state index in [2.05, 4.69) is 10.6 Å². The van der Waals surface area contributed by atoms with Gasteiger partial charge in [-0.2, -0.15) is 0 Å². The number of benzene rings is 1.